The molecule has 1 atom stereocenters. The minimum absolute atomic E-state index is 0.0368. The van der Waals surface area contributed by atoms with Crippen LogP contribution in [0.4, 0.5) is 4.79 Å². The van der Waals surface area contributed by atoms with Gasteiger partial charge in [0.2, 0.25) is 5.91 Å². The first-order valence-corrected chi connectivity index (χ1v) is 13.9. The van der Waals surface area contributed by atoms with Crippen molar-refractivity contribution in [2.24, 2.45) is 17.1 Å². The highest BCUT2D eigenvalue weighted by Crippen LogP contribution is 2.36. The molecule has 2 heterocycles. The van der Waals surface area contributed by atoms with Crippen molar-refractivity contribution in [3.8, 4) is 0 Å². The molecule has 2 saturated heterocycles. The number of nitrogens with zero attached hydrogens (tertiary/aromatic N) is 3. The minimum atomic E-state index is -0.371. The summed E-state index contributed by atoms with van der Waals surface area (Å²) < 4.78 is 0. The lowest BCUT2D eigenvalue weighted by Crippen LogP contribution is -2.60. The second kappa shape index (κ2) is 11.6. The van der Waals surface area contributed by atoms with Crippen molar-refractivity contribution in [1.82, 2.24) is 14.7 Å². The predicted octanol–water partition coefficient (Wildman–Crippen LogP) is 5.82. The number of nitrogens with two attached hydrogens (primary N) is 1. The van der Waals surface area contributed by atoms with E-state index in [2.05, 4.69) is 54.8 Å². The van der Waals surface area contributed by atoms with Crippen molar-refractivity contribution >= 4 is 35.1 Å². The Hall–Kier alpha value is -2.28. The number of piperidine rings is 1. The van der Waals surface area contributed by atoms with Gasteiger partial charge in [-0.1, -0.05) is 68.2 Å². The fourth-order valence-electron chi connectivity index (χ4n) is 5.70. The maximum atomic E-state index is 13.6. The van der Waals surface area contributed by atoms with Crippen LogP contribution in [0.15, 0.2) is 48.5 Å². The molecule has 2 N–H and O–H groups in total. The van der Waals surface area contributed by atoms with E-state index in [-0.39, 0.29) is 35.4 Å². The zero-order valence-corrected chi connectivity index (χ0v) is 23.5. The molecule has 4 rings (SSSR count). The van der Waals surface area contributed by atoms with E-state index >= 15 is 0 Å². The Kier molecular flexibility index (Phi) is 8.72. The number of piperazine rings is 1. The van der Waals surface area contributed by atoms with Gasteiger partial charge in [-0.25, -0.2) is 4.79 Å². The molecule has 0 bridgehead atoms. The highest BCUT2D eigenvalue weighted by molar-refractivity contribution is 6.30. The molecule has 200 valence electrons. The van der Waals surface area contributed by atoms with Crippen LogP contribution >= 0.6 is 23.2 Å². The van der Waals surface area contributed by atoms with Crippen molar-refractivity contribution < 1.29 is 9.59 Å². The third kappa shape index (κ3) is 6.78. The SMILES string of the molecule is CC(C)(C)C1CN(C(c2ccc(Cl)cc2)c2ccc(Cl)cc2)CCN1C(=O)CC1CCN(C(N)=O)CC1. The Bertz CT molecular complexity index is 1030. The van der Waals surface area contributed by atoms with Crippen molar-refractivity contribution in [3.05, 3.63) is 69.7 Å². The van der Waals surface area contributed by atoms with Gasteiger partial charge in [-0.05, 0) is 59.6 Å². The lowest BCUT2D eigenvalue weighted by molar-refractivity contribution is -0.141. The second-order valence-corrected chi connectivity index (χ2v) is 12.3. The summed E-state index contributed by atoms with van der Waals surface area (Å²) in [5, 5.41) is 1.42. The molecule has 8 heteroatoms. The fraction of sp³-hybridized carbons (Fsp3) is 0.517. The smallest absolute Gasteiger partial charge is 0.314 e. The summed E-state index contributed by atoms with van der Waals surface area (Å²) in [6.07, 6.45) is 2.17. The number of carbonyl (C=O) groups is 2. The van der Waals surface area contributed by atoms with Crippen molar-refractivity contribution in [1.29, 1.82) is 0 Å². The van der Waals surface area contributed by atoms with E-state index < -0.39 is 0 Å². The Morgan fingerprint density at radius 3 is 1.86 bits per heavy atom. The first-order valence-electron chi connectivity index (χ1n) is 13.1. The standard InChI is InChI=1S/C29H38Cl2N4O2/c1-29(2,3)25-19-34(16-17-35(25)26(36)18-20-12-14-33(15-13-20)28(32)37)27(21-4-8-23(30)9-5-21)22-6-10-24(31)11-7-22/h4-11,20,25,27H,12-19H2,1-3H3,(H2,32,37). The van der Waals surface area contributed by atoms with Gasteiger partial charge >= 0.3 is 6.03 Å². The summed E-state index contributed by atoms with van der Waals surface area (Å²) in [7, 11) is 0. The van der Waals surface area contributed by atoms with Gasteiger partial charge in [-0.2, -0.15) is 0 Å². The maximum Gasteiger partial charge on any atom is 0.314 e. The highest BCUT2D eigenvalue weighted by atomic mass is 35.5. The van der Waals surface area contributed by atoms with E-state index in [9.17, 15) is 9.59 Å². The summed E-state index contributed by atoms with van der Waals surface area (Å²) in [4.78, 5) is 31.3. The normalized spacial score (nSPS) is 19.9. The average molecular weight is 546 g/mol. The molecule has 0 saturated carbocycles. The van der Waals surface area contributed by atoms with Crippen LogP contribution in [-0.2, 0) is 4.79 Å². The Morgan fingerprint density at radius 2 is 1.41 bits per heavy atom. The molecule has 0 radical (unpaired) electrons. The van der Waals surface area contributed by atoms with Crippen molar-refractivity contribution in [3.63, 3.8) is 0 Å². The summed E-state index contributed by atoms with van der Waals surface area (Å²) in [6.45, 7) is 10.1. The molecule has 2 aromatic carbocycles. The molecule has 2 aromatic rings. The van der Waals surface area contributed by atoms with Gasteiger partial charge in [-0.3, -0.25) is 9.69 Å². The molecule has 0 aliphatic carbocycles. The van der Waals surface area contributed by atoms with E-state index in [0.717, 1.165) is 25.9 Å². The van der Waals surface area contributed by atoms with Gasteiger partial charge in [-0.15, -0.1) is 0 Å². The van der Waals surface area contributed by atoms with E-state index in [1.165, 1.54) is 11.1 Å². The molecule has 2 aliphatic rings. The zero-order valence-electron chi connectivity index (χ0n) is 22.0. The molecule has 2 aliphatic heterocycles. The van der Waals surface area contributed by atoms with Crippen molar-refractivity contribution in [2.75, 3.05) is 32.7 Å². The van der Waals surface area contributed by atoms with Gasteiger partial charge < -0.3 is 15.5 Å². The zero-order chi connectivity index (χ0) is 26.7. The molecular weight excluding hydrogens is 507 g/mol. The maximum absolute atomic E-state index is 13.6. The molecule has 3 amide bonds. The van der Waals surface area contributed by atoms with Gasteiger partial charge in [0.15, 0.2) is 0 Å². The summed E-state index contributed by atoms with van der Waals surface area (Å²) in [5.74, 6) is 0.504. The quantitative estimate of drug-likeness (QED) is 0.515. The molecular formula is C29H38Cl2N4O2. The summed E-state index contributed by atoms with van der Waals surface area (Å²) in [5.41, 5.74) is 7.67. The van der Waals surface area contributed by atoms with Crippen LogP contribution < -0.4 is 5.73 Å². The first kappa shape index (κ1) is 27.7. The third-order valence-corrected chi connectivity index (χ3v) is 8.36. The van der Waals surface area contributed by atoms with Crippen molar-refractivity contribution in [2.45, 2.75) is 52.1 Å². The average Bonchev–Trinajstić information content (AvgIpc) is 2.86. The number of benzene rings is 2. The van der Waals surface area contributed by atoms with Crippen LogP contribution in [0.2, 0.25) is 10.0 Å². The minimum Gasteiger partial charge on any atom is -0.351 e. The number of urea groups is 1. The Labute approximate surface area is 230 Å². The molecule has 1 unspecified atom stereocenters. The van der Waals surface area contributed by atoms with Crippen LogP contribution in [0.3, 0.4) is 0 Å². The van der Waals surface area contributed by atoms with E-state index in [1.807, 2.05) is 24.3 Å². The number of hydrogen-bond donors (Lipinski definition) is 1. The monoisotopic (exact) mass is 544 g/mol. The Balaban J connectivity index is 1.53. The lowest BCUT2D eigenvalue weighted by Gasteiger charge is -2.50. The van der Waals surface area contributed by atoms with E-state index in [0.29, 0.717) is 36.1 Å². The summed E-state index contributed by atoms with van der Waals surface area (Å²) in [6, 6.07) is 15.8. The highest BCUT2D eigenvalue weighted by Gasteiger charge is 2.40. The second-order valence-electron chi connectivity index (χ2n) is 11.4. The molecule has 0 spiro atoms. The van der Waals surface area contributed by atoms with Gasteiger partial charge in [0, 0.05) is 55.2 Å². The third-order valence-electron chi connectivity index (χ3n) is 7.86. The number of halogens is 2. The molecule has 0 aromatic heterocycles. The fourth-order valence-corrected chi connectivity index (χ4v) is 5.96. The molecule has 6 nitrogen and oxygen atoms in total. The predicted molar refractivity (Wildman–Crippen MR) is 150 cm³/mol. The first-order chi connectivity index (χ1) is 17.5. The van der Waals surface area contributed by atoms with Crippen LogP contribution in [0.25, 0.3) is 0 Å². The number of hydrogen-bond acceptors (Lipinski definition) is 3. The van der Waals surface area contributed by atoms with Gasteiger partial charge in [0.25, 0.3) is 0 Å². The summed E-state index contributed by atoms with van der Waals surface area (Å²) >= 11 is 12.4. The number of rotatable bonds is 5. The lowest BCUT2D eigenvalue weighted by atomic mass is 9.82. The van der Waals surface area contributed by atoms with E-state index in [4.69, 9.17) is 28.9 Å². The largest absolute Gasteiger partial charge is 0.351 e. The van der Waals surface area contributed by atoms with Crippen LogP contribution in [0.1, 0.15) is 57.2 Å². The van der Waals surface area contributed by atoms with Crippen LogP contribution in [-0.4, -0.2) is 65.4 Å². The van der Waals surface area contributed by atoms with Gasteiger partial charge in [0.1, 0.15) is 0 Å². The number of primary amides is 1. The topological polar surface area (TPSA) is 69.9 Å². The number of amides is 3. The Morgan fingerprint density at radius 1 is 0.892 bits per heavy atom. The van der Waals surface area contributed by atoms with Gasteiger partial charge in [0.05, 0.1) is 6.04 Å². The number of likely N-dealkylation sites (tertiary alicyclic amines) is 1. The van der Waals surface area contributed by atoms with Crippen LogP contribution in [0.5, 0.6) is 0 Å². The number of carbonyl (C=O) groups excluding carboxylic acids is 2. The molecule has 37 heavy (non-hydrogen) atoms. The van der Waals surface area contributed by atoms with E-state index in [1.54, 1.807) is 4.90 Å². The molecule has 2 fully saturated rings. The van der Waals surface area contributed by atoms with Crippen LogP contribution in [0, 0.1) is 11.3 Å².